The Hall–Kier alpha value is -2.02. The minimum absolute atomic E-state index is 0.0643. The number of halogens is 2. The standard InChI is InChI=1S/C18H15Cl2N3O2S/c1-23(10-12-7-14(19)9-15(20)8-12)16(24)11-26-18-22-21-17(25-18)13-5-3-2-4-6-13/h2-9H,10-11H2,1H3. The third-order valence-electron chi connectivity index (χ3n) is 3.51. The van der Waals surface area contributed by atoms with Crippen LogP contribution in [-0.2, 0) is 11.3 Å². The van der Waals surface area contributed by atoms with Gasteiger partial charge in [-0.05, 0) is 35.9 Å². The summed E-state index contributed by atoms with van der Waals surface area (Å²) in [5.41, 5.74) is 1.71. The average Bonchev–Trinajstić information content (AvgIpc) is 3.08. The molecule has 1 heterocycles. The van der Waals surface area contributed by atoms with Crippen LogP contribution in [0, 0.1) is 0 Å². The second-order valence-corrected chi connectivity index (χ2v) is 7.35. The van der Waals surface area contributed by atoms with Crippen LogP contribution in [0.2, 0.25) is 10.0 Å². The first-order chi connectivity index (χ1) is 12.5. The van der Waals surface area contributed by atoms with Gasteiger partial charge >= 0.3 is 0 Å². The number of thioether (sulfide) groups is 1. The van der Waals surface area contributed by atoms with Crippen molar-refractivity contribution in [1.82, 2.24) is 15.1 Å². The molecule has 5 nitrogen and oxygen atoms in total. The molecular formula is C18H15Cl2N3O2S. The molecule has 0 aliphatic carbocycles. The summed E-state index contributed by atoms with van der Waals surface area (Å²) in [5.74, 6) is 0.564. The maximum Gasteiger partial charge on any atom is 0.277 e. The van der Waals surface area contributed by atoms with Crippen molar-refractivity contribution in [3.63, 3.8) is 0 Å². The lowest BCUT2D eigenvalue weighted by Crippen LogP contribution is -2.27. The zero-order valence-electron chi connectivity index (χ0n) is 13.9. The van der Waals surface area contributed by atoms with Crippen LogP contribution in [0.15, 0.2) is 58.2 Å². The third kappa shape index (κ3) is 5.00. The second kappa shape index (κ2) is 8.58. The lowest BCUT2D eigenvalue weighted by Gasteiger charge is -2.17. The molecule has 0 radical (unpaired) electrons. The summed E-state index contributed by atoms with van der Waals surface area (Å²) in [5, 5.41) is 9.42. The Morgan fingerprint density at radius 3 is 2.50 bits per heavy atom. The van der Waals surface area contributed by atoms with Crippen LogP contribution < -0.4 is 0 Å². The van der Waals surface area contributed by atoms with Crippen LogP contribution in [0.5, 0.6) is 0 Å². The number of benzene rings is 2. The maximum atomic E-state index is 12.3. The van der Waals surface area contributed by atoms with Crippen LogP contribution in [0.3, 0.4) is 0 Å². The normalized spacial score (nSPS) is 10.7. The van der Waals surface area contributed by atoms with E-state index in [0.717, 1.165) is 11.1 Å². The van der Waals surface area contributed by atoms with E-state index in [1.54, 1.807) is 30.1 Å². The number of rotatable bonds is 6. The molecular weight excluding hydrogens is 393 g/mol. The summed E-state index contributed by atoms with van der Waals surface area (Å²) in [6, 6.07) is 14.7. The Bertz CT molecular complexity index is 882. The summed E-state index contributed by atoms with van der Waals surface area (Å²) >= 11 is 13.2. The van der Waals surface area contributed by atoms with Gasteiger partial charge in [-0.25, -0.2) is 0 Å². The molecule has 0 N–H and O–H groups in total. The highest BCUT2D eigenvalue weighted by Crippen LogP contribution is 2.24. The van der Waals surface area contributed by atoms with Gasteiger partial charge in [0.2, 0.25) is 11.8 Å². The van der Waals surface area contributed by atoms with Gasteiger partial charge in [0.25, 0.3) is 5.22 Å². The number of hydrogen-bond acceptors (Lipinski definition) is 5. The van der Waals surface area contributed by atoms with Gasteiger partial charge in [0.1, 0.15) is 0 Å². The minimum Gasteiger partial charge on any atom is -0.411 e. The number of aromatic nitrogens is 2. The summed E-state index contributed by atoms with van der Waals surface area (Å²) in [7, 11) is 1.72. The van der Waals surface area contributed by atoms with E-state index in [0.29, 0.717) is 27.7 Å². The van der Waals surface area contributed by atoms with E-state index in [-0.39, 0.29) is 11.7 Å². The van der Waals surface area contributed by atoms with Crippen LogP contribution in [-0.4, -0.2) is 33.8 Å². The number of hydrogen-bond donors (Lipinski definition) is 0. The van der Waals surface area contributed by atoms with Gasteiger partial charge in [0.05, 0.1) is 5.75 Å². The fourth-order valence-electron chi connectivity index (χ4n) is 2.26. The molecule has 0 saturated heterocycles. The minimum atomic E-state index is -0.0643. The fraction of sp³-hybridized carbons (Fsp3) is 0.167. The zero-order valence-corrected chi connectivity index (χ0v) is 16.2. The second-order valence-electron chi connectivity index (χ2n) is 5.56. The van der Waals surface area contributed by atoms with E-state index in [1.807, 2.05) is 30.3 Å². The first-order valence-corrected chi connectivity index (χ1v) is 9.46. The molecule has 2 aromatic carbocycles. The molecule has 0 bridgehead atoms. The highest BCUT2D eigenvalue weighted by atomic mass is 35.5. The van der Waals surface area contributed by atoms with Crippen LogP contribution >= 0.6 is 35.0 Å². The predicted octanol–water partition coefficient (Wildman–Crippen LogP) is 4.79. The van der Waals surface area contributed by atoms with Gasteiger partial charge in [0.15, 0.2) is 0 Å². The Morgan fingerprint density at radius 1 is 1.12 bits per heavy atom. The van der Waals surface area contributed by atoms with Crippen molar-refractivity contribution in [3.05, 3.63) is 64.1 Å². The Labute approximate surface area is 165 Å². The van der Waals surface area contributed by atoms with Crippen LogP contribution in [0.1, 0.15) is 5.56 Å². The number of carbonyl (C=O) groups excluding carboxylic acids is 1. The van der Waals surface area contributed by atoms with Crippen molar-refractivity contribution in [2.24, 2.45) is 0 Å². The van der Waals surface area contributed by atoms with E-state index >= 15 is 0 Å². The quantitative estimate of drug-likeness (QED) is 0.549. The summed E-state index contributed by atoms with van der Waals surface area (Å²) in [6.07, 6.45) is 0. The molecule has 0 spiro atoms. The van der Waals surface area contributed by atoms with Crippen molar-refractivity contribution in [1.29, 1.82) is 0 Å². The molecule has 0 fully saturated rings. The molecule has 3 aromatic rings. The van der Waals surface area contributed by atoms with Gasteiger partial charge in [-0.3, -0.25) is 4.79 Å². The summed E-state index contributed by atoms with van der Waals surface area (Å²) < 4.78 is 5.58. The molecule has 26 heavy (non-hydrogen) atoms. The molecule has 0 aliphatic heterocycles. The van der Waals surface area contributed by atoms with Gasteiger partial charge in [-0.2, -0.15) is 0 Å². The Kier molecular flexibility index (Phi) is 6.19. The topological polar surface area (TPSA) is 59.2 Å². The smallest absolute Gasteiger partial charge is 0.277 e. The predicted molar refractivity (Wildman–Crippen MR) is 103 cm³/mol. The SMILES string of the molecule is CN(Cc1cc(Cl)cc(Cl)c1)C(=O)CSc1nnc(-c2ccccc2)o1. The summed E-state index contributed by atoms with van der Waals surface area (Å²) in [6.45, 7) is 0.415. The van der Waals surface area contributed by atoms with Crippen LogP contribution in [0.25, 0.3) is 11.5 Å². The molecule has 3 rings (SSSR count). The first-order valence-electron chi connectivity index (χ1n) is 7.72. The van der Waals surface area contributed by atoms with Crippen molar-refractivity contribution >= 4 is 40.9 Å². The van der Waals surface area contributed by atoms with Crippen molar-refractivity contribution < 1.29 is 9.21 Å². The van der Waals surface area contributed by atoms with Crippen molar-refractivity contribution in [3.8, 4) is 11.5 Å². The van der Waals surface area contributed by atoms with E-state index in [4.69, 9.17) is 27.6 Å². The number of nitrogens with zero attached hydrogens (tertiary/aromatic N) is 3. The van der Waals surface area contributed by atoms with Crippen molar-refractivity contribution in [2.45, 2.75) is 11.8 Å². The van der Waals surface area contributed by atoms with Gasteiger partial charge < -0.3 is 9.32 Å². The highest BCUT2D eigenvalue weighted by Gasteiger charge is 2.14. The van der Waals surface area contributed by atoms with Gasteiger partial charge in [-0.15, -0.1) is 10.2 Å². The van der Waals surface area contributed by atoms with Gasteiger partial charge in [-0.1, -0.05) is 53.2 Å². The maximum absolute atomic E-state index is 12.3. The summed E-state index contributed by atoms with van der Waals surface area (Å²) in [4.78, 5) is 13.9. The zero-order chi connectivity index (χ0) is 18.5. The molecule has 0 aliphatic rings. The Morgan fingerprint density at radius 2 is 1.81 bits per heavy atom. The third-order valence-corrected chi connectivity index (χ3v) is 4.75. The molecule has 0 saturated carbocycles. The van der Waals surface area contributed by atoms with Crippen molar-refractivity contribution in [2.75, 3.05) is 12.8 Å². The Balaban J connectivity index is 1.56. The van der Waals surface area contributed by atoms with E-state index < -0.39 is 0 Å². The average molecular weight is 408 g/mol. The van der Waals surface area contributed by atoms with E-state index in [9.17, 15) is 4.79 Å². The number of amides is 1. The van der Waals surface area contributed by atoms with Gasteiger partial charge in [0, 0.05) is 29.2 Å². The first kappa shape index (κ1) is 18.8. The lowest BCUT2D eigenvalue weighted by atomic mass is 10.2. The largest absolute Gasteiger partial charge is 0.411 e. The molecule has 1 amide bonds. The van der Waals surface area contributed by atoms with E-state index in [2.05, 4.69) is 10.2 Å². The molecule has 0 unspecified atom stereocenters. The lowest BCUT2D eigenvalue weighted by molar-refractivity contribution is -0.127. The number of carbonyl (C=O) groups is 1. The van der Waals surface area contributed by atoms with E-state index in [1.165, 1.54) is 11.8 Å². The molecule has 8 heteroatoms. The fourth-order valence-corrected chi connectivity index (χ4v) is 3.54. The van der Waals surface area contributed by atoms with Crippen LogP contribution in [0.4, 0.5) is 0 Å². The highest BCUT2D eigenvalue weighted by molar-refractivity contribution is 7.99. The monoisotopic (exact) mass is 407 g/mol. The molecule has 1 aromatic heterocycles. The molecule has 134 valence electrons. The molecule has 0 atom stereocenters.